The molecule has 3 heterocycles. The highest BCUT2D eigenvalue weighted by atomic mass is 32.1. The van der Waals surface area contributed by atoms with Crippen LogP contribution in [0, 0.1) is 0 Å². The lowest BCUT2D eigenvalue weighted by Crippen LogP contribution is -2.42. The summed E-state index contributed by atoms with van der Waals surface area (Å²) in [5.74, 6) is -1.45. The normalized spacial score (nSPS) is 11.0. The number of anilines is 1. The van der Waals surface area contributed by atoms with Crippen LogP contribution in [-0.2, 0) is 11.0 Å². The number of H-pyrrole nitrogens is 1. The first-order valence-corrected chi connectivity index (χ1v) is 10.8. The number of thiazole rings is 1. The Morgan fingerprint density at radius 2 is 1.89 bits per heavy atom. The molecule has 0 saturated carbocycles. The lowest BCUT2D eigenvalue weighted by atomic mass is 10.0. The van der Waals surface area contributed by atoms with Crippen LogP contribution in [0.15, 0.2) is 34.7 Å². The van der Waals surface area contributed by atoms with Crippen molar-refractivity contribution in [2.24, 2.45) is 0 Å². The fourth-order valence-corrected chi connectivity index (χ4v) is 3.66. The van der Waals surface area contributed by atoms with Gasteiger partial charge in [0.2, 0.25) is 5.91 Å². The van der Waals surface area contributed by atoms with Crippen molar-refractivity contribution in [1.82, 2.24) is 31.1 Å². The molecule has 0 atom stereocenters. The molecule has 0 spiro atoms. The second kappa shape index (κ2) is 10.3. The highest BCUT2D eigenvalue weighted by Crippen LogP contribution is 2.38. The van der Waals surface area contributed by atoms with Crippen molar-refractivity contribution in [3.05, 3.63) is 51.5 Å². The zero-order valence-electron chi connectivity index (χ0n) is 18.2. The number of aromatic nitrogens is 3. The van der Waals surface area contributed by atoms with E-state index in [1.165, 1.54) is 24.5 Å². The van der Waals surface area contributed by atoms with E-state index < -0.39 is 35.3 Å². The van der Waals surface area contributed by atoms with Gasteiger partial charge in [-0.2, -0.15) is 13.2 Å². The number of alkyl halides is 3. The van der Waals surface area contributed by atoms with Gasteiger partial charge in [0.1, 0.15) is 16.4 Å². The fourth-order valence-electron chi connectivity index (χ4n) is 2.80. The number of halogens is 3. The predicted octanol–water partition coefficient (Wildman–Crippen LogP) is 2.50. The molecule has 0 aliphatic carbocycles. The van der Waals surface area contributed by atoms with E-state index in [1.54, 1.807) is 6.92 Å². The van der Waals surface area contributed by atoms with E-state index in [1.807, 2.05) is 0 Å². The second-order valence-electron chi connectivity index (χ2n) is 6.90. The minimum absolute atomic E-state index is 0.0338. The van der Waals surface area contributed by atoms with E-state index >= 15 is 0 Å². The van der Waals surface area contributed by atoms with Gasteiger partial charge < -0.3 is 10.3 Å². The number of pyridine rings is 2. The zero-order valence-corrected chi connectivity index (χ0v) is 19.0. The van der Waals surface area contributed by atoms with Crippen molar-refractivity contribution in [3.63, 3.8) is 0 Å². The van der Waals surface area contributed by atoms with E-state index in [9.17, 15) is 32.3 Å². The number of carbonyl (C=O) groups is 3. The van der Waals surface area contributed by atoms with Crippen molar-refractivity contribution < 1.29 is 27.6 Å². The molecule has 3 rings (SSSR count). The summed E-state index contributed by atoms with van der Waals surface area (Å²) in [6.07, 6.45) is -2.17. The number of nitrogens with zero attached hydrogens (tertiary/aromatic N) is 2. The summed E-state index contributed by atoms with van der Waals surface area (Å²) >= 11 is 0.715. The molecule has 3 aromatic heterocycles. The van der Waals surface area contributed by atoms with Crippen LogP contribution in [-0.4, -0.2) is 39.3 Å². The first-order valence-electron chi connectivity index (χ1n) is 9.87. The molecule has 15 heteroatoms. The van der Waals surface area contributed by atoms with Gasteiger partial charge in [0, 0.05) is 47.9 Å². The first-order chi connectivity index (χ1) is 16.5. The van der Waals surface area contributed by atoms with Crippen molar-refractivity contribution in [2.75, 3.05) is 11.9 Å². The number of nitrogens with one attached hydrogen (secondary N) is 5. The predicted molar refractivity (Wildman–Crippen MR) is 120 cm³/mol. The number of rotatable bonds is 5. The Balaban J connectivity index is 2.10. The largest absolute Gasteiger partial charge is 0.434 e. The van der Waals surface area contributed by atoms with E-state index in [2.05, 4.69) is 36.4 Å². The lowest BCUT2D eigenvalue weighted by Gasteiger charge is -2.12. The monoisotopic (exact) mass is 509 g/mol. The summed E-state index contributed by atoms with van der Waals surface area (Å²) in [6, 6.07) is 1.94. The summed E-state index contributed by atoms with van der Waals surface area (Å²) < 4.78 is 39.4. The molecule has 0 unspecified atom stereocenters. The lowest BCUT2D eigenvalue weighted by molar-refractivity contribution is -0.140. The summed E-state index contributed by atoms with van der Waals surface area (Å²) in [5.41, 5.74) is 2.47. The van der Waals surface area contributed by atoms with Gasteiger partial charge in [-0.25, -0.2) is 14.8 Å². The molecule has 0 fully saturated rings. The minimum Gasteiger partial charge on any atom is -0.338 e. The van der Waals surface area contributed by atoms with E-state index in [4.69, 9.17) is 0 Å². The average Bonchev–Trinajstić information content (AvgIpc) is 3.29. The van der Waals surface area contributed by atoms with Crippen LogP contribution in [0.3, 0.4) is 0 Å². The van der Waals surface area contributed by atoms with Crippen molar-refractivity contribution in [2.45, 2.75) is 20.0 Å². The van der Waals surface area contributed by atoms with Crippen LogP contribution in [0.2, 0.25) is 0 Å². The highest BCUT2D eigenvalue weighted by Gasteiger charge is 2.34. The molecule has 4 amide bonds. The highest BCUT2D eigenvalue weighted by molar-refractivity contribution is 7.13. The van der Waals surface area contributed by atoms with E-state index in [-0.39, 0.29) is 33.1 Å². The van der Waals surface area contributed by atoms with Crippen LogP contribution < -0.4 is 27.0 Å². The SMILES string of the molecule is CCNC(=O)Nc1cc(-c2nc(C(F)(F)F)cs2)c(-c2c[nH]c(=O)c(C(=O)NNC(C)=O)c2)cn1. The zero-order chi connectivity index (χ0) is 25.8. The summed E-state index contributed by atoms with van der Waals surface area (Å²) in [5, 5.41) is 5.77. The van der Waals surface area contributed by atoms with Crippen LogP contribution in [0.5, 0.6) is 0 Å². The number of aromatic amines is 1. The molecule has 0 bridgehead atoms. The van der Waals surface area contributed by atoms with Gasteiger partial charge in [0.15, 0.2) is 5.69 Å². The summed E-state index contributed by atoms with van der Waals surface area (Å²) in [6.45, 7) is 3.18. The van der Waals surface area contributed by atoms with Crippen LogP contribution in [0.1, 0.15) is 29.9 Å². The number of hydrogen-bond acceptors (Lipinski definition) is 7. The van der Waals surface area contributed by atoms with Crippen molar-refractivity contribution in [1.29, 1.82) is 0 Å². The minimum atomic E-state index is -4.67. The van der Waals surface area contributed by atoms with E-state index in [0.717, 1.165) is 12.3 Å². The number of amides is 4. The maximum absolute atomic E-state index is 13.1. The van der Waals surface area contributed by atoms with Gasteiger partial charge in [0.05, 0.1) is 0 Å². The van der Waals surface area contributed by atoms with Gasteiger partial charge in [-0.15, -0.1) is 11.3 Å². The van der Waals surface area contributed by atoms with Crippen LogP contribution in [0.25, 0.3) is 21.7 Å². The van der Waals surface area contributed by atoms with Crippen molar-refractivity contribution >= 4 is 35.0 Å². The summed E-state index contributed by atoms with van der Waals surface area (Å²) in [7, 11) is 0. The third kappa shape index (κ3) is 6.20. The number of hydrazine groups is 1. The standard InChI is InChI=1S/C20H18F3N7O4S/c1-3-24-19(34)28-15-5-11(18-27-14(8-35-18)20(21,22)23)13(7-25-15)10-4-12(16(32)26-6-10)17(33)30-29-9(2)31/h4-8H,3H2,1-2H3,(H,26,32)(H,29,31)(H,30,33)(H2,24,25,28,34). The Morgan fingerprint density at radius 3 is 2.51 bits per heavy atom. The number of hydrogen-bond donors (Lipinski definition) is 5. The third-order valence-corrected chi connectivity index (χ3v) is 5.19. The molecular formula is C20H18F3N7O4S. The number of urea groups is 1. The first kappa shape index (κ1) is 25.4. The molecule has 0 saturated heterocycles. The molecule has 11 nitrogen and oxygen atoms in total. The second-order valence-corrected chi connectivity index (χ2v) is 7.76. The van der Waals surface area contributed by atoms with Crippen molar-refractivity contribution in [3.8, 4) is 21.7 Å². The molecular weight excluding hydrogens is 491 g/mol. The Hall–Kier alpha value is -4.27. The average molecular weight is 509 g/mol. The Labute approximate surface area is 199 Å². The molecule has 5 N–H and O–H groups in total. The topological polar surface area (TPSA) is 158 Å². The Morgan fingerprint density at radius 1 is 1.14 bits per heavy atom. The molecule has 0 aliphatic heterocycles. The Kier molecular flexibility index (Phi) is 7.49. The molecule has 0 radical (unpaired) electrons. The van der Waals surface area contributed by atoms with E-state index in [0.29, 0.717) is 17.9 Å². The van der Waals surface area contributed by atoms with Gasteiger partial charge in [0.25, 0.3) is 11.5 Å². The molecule has 0 aromatic carbocycles. The molecule has 184 valence electrons. The maximum atomic E-state index is 13.1. The summed E-state index contributed by atoms with van der Waals surface area (Å²) in [4.78, 5) is 57.5. The molecule has 0 aliphatic rings. The maximum Gasteiger partial charge on any atom is 0.434 e. The van der Waals surface area contributed by atoms with Gasteiger partial charge in [-0.1, -0.05) is 0 Å². The fraction of sp³-hybridized carbons (Fsp3) is 0.200. The Bertz CT molecular complexity index is 1340. The van der Waals surface area contributed by atoms with Gasteiger partial charge in [-0.3, -0.25) is 30.6 Å². The van der Waals surface area contributed by atoms with Crippen LogP contribution >= 0.6 is 11.3 Å². The molecule has 3 aromatic rings. The molecule has 35 heavy (non-hydrogen) atoms. The van der Waals surface area contributed by atoms with Gasteiger partial charge >= 0.3 is 12.2 Å². The van der Waals surface area contributed by atoms with Gasteiger partial charge in [-0.05, 0) is 19.1 Å². The third-order valence-electron chi connectivity index (χ3n) is 4.32. The number of carbonyl (C=O) groups excluding carboxylic acids is 3. The quantitative estimate of drug-likeness (QED) is 0.333. The van der Waals surface area contributed by atoms with Crippen LogP contribution in [0.4, 0.5) is 23.8 Å². The smallest absolute Gasteiger partial charge is 0.338 e.